The highest BCUT2D eigenvalue weighted by Crippen LogP contribution is 2.14. The second kappa shape index (κ2) is 4.75. The summed E-state index contributed by atoms with van der Waals surface area (Å²) in [5.41, 5.74) is 1.58. The van der Waals surface area contributed by atoms with E-state index in [4.69, 9.17) is 4.74 Å². The smallest absolute Gasteiger partial charge is 0.323 e. The van der Waals surface area contributed by atoms with Crippen molar-refractivity contribution in [3.05, 3.63) is 5.51 Å². The summed E-state index contributed by atoms with van der Waals surface area (Å²) in [6.07, 6.45) is 0.146. The van der Waals surface area contributed by atoms with Crippen LogP contribution in [0.2, 0.25) is 0 Å². The second-order valence-electron chi connectivity index (χ2n) is 3.84. The summed E-state index contributed by atoms with van der Waals surface area (Å²) in [5.74, 6) is 0. The van der Waals surface area contributed by atoms with Crippen LogP contribution in [0.4, 0.5) is 9.93 Å². The molecule has 1 aromatic rings. The van der Waals surface area contributed by atoms with E-state index in [0.29, 0.717) is 18.2 Å². The SMILES string of the molecule is CC1CN(C(=O)Nc2nncs2)CC(C)O1. The molecule has 1 aliphatic heterocycles. The van der Waals surface area contributed by atoms with Gasteiger partial charge in [0.15, 0.2) is 0 Å². The van der Waals surface area contributed by atoms with Gasteiger partial charge in [-0.2, -0.15) is 0 Å². The van der Waals surface area contributed by atoms with Crippen molar-refractivity contribution in [1.29, 1.82) is 0 Å². The van der Waals surface area contributed by atoms with Gasteiger partial charge in [-0.3, -0.25) is 5.32 Å². The maximum Gasteiger partial charge on any atom is 0.323 e. The number of hydrogen-bond acceptors (Lipinski definition) is 5. The Labute approximate surface area is 97.6 Å². The molecule has 16 heavy (non-hydrogen) atoms. The lowest BCUT2D eigenvalue weighted by Gasteiger charge is -2.34. The molecule has 1 aliphatic rings. The molecule has 0 saturated carbocycles. The summed E-state index contributed by atoms with van der Waals surface area (Å²) in [7, 11) is 0. The van der Waals surface area contributed by atoms with Crippen molar-refractivity contribution in [2.24, 2.45) is 0 Å². The number of hydrogen-bond donors (Lipinski definition) is 1. The summed E-state index contributed by atoms with van der Waals surface area (Å²) < 4.78 is 5.55. The molecule has 2 rings (SSSR count). The first-order chi connectivity index (χ1) is 7.65. The van der Waals surface area contributed by atoms with Crippen LogP contribution in [-0.4, -0.2) is 46.4 Å². The Kier molecular flexibility index (Phi) is 3.35. The van der Waals surface area contributed by atoms with E-state index in [9.17, 15) is 4.79 Å². The highest BCUT2D eigenvalue weighted by atomic mass is 32.1. The third-order valence-electron chi connectivity index (χ3n) is 2.28. The normalized spacial score (nSPS) is 25.5. The number of aromatic nitrogens is 2. The Morgan fingerprint density at radius 3 is 2.81 bits per heavy atom. The van der Waals surface area contributed by atoms with Crippen molar-refractivity contribution in [2.45, 2.75) is 26.1 Å². The fourth-order valence-electron chi connectivity index (χ4n) is 1.74. The van der Waals surface area contributed by atoms with Gasteiger partial charge in [-0.05, 0) is 13.8 Å². The highest BCUT2D eigenvalue weighted by molar-refractivity contribution is 7.13. The van der Waals surface area contributed by atoms with Crippen LogP contribution < -0.4 is 5.32 Å². The zero-order valence-corrected chi connectivity index (χ0v) is 10.0. The number of carbonyl (C=O) groups excluding carboxylic acids is 1. The molecule has 2 unspecified atom stereocenters. The summed E-state index contributed by atoms with van der Waals surface area (Å²) in [6, 6.07) is -0.140. The van der Waals surface area contributed by atoms with Crippen LogP contribution in [0.15, 0.2) is 5.51 Å². The largest absolute Gasteiger partial charge is 0.372 e. The first kappa shape index (κ1) is 11.3. The molecule has 0 spiro atoms. The van der Waals surface area contributed by atoms with Crippen molar-refractivity contribution in [2.75, 3.05) is 18.4 Å². The van der Waals surface area contributed by atoms with Crippen LogP contribution >= 0.6 is 11.3 Å². The van der Waals surface area contributed by atoms with Crippen LogP contribution in [0, 0.1) is 0 Å². The second-order valence-corrected chi connectivity index (χ2v) is 4.67. The molecule has 1 N–H and O–H groups in total. The van der Waals surface area contributed by atoms with Crippen molar-refractivity contribution in [3.8, 4) is 0 Å². The quantitative estimate of drug-likeness (QED) is 0.803. The fraction of sp³-hybridized carbons (Fsp3) is 0.667. The van der Waals surface area contributed by atoms with E-state index in [-0.39, 0.29) is 18.2 Å². The Balaban J connectivity index is 1.94. The number of morpholine rings is 1. The van der Waals surface area contributed by atoms with Gasteiger partial charge in [0, 0.05) is 13.1 Å². The number of nitrogens with one attached hydrogen (secondary N) is 1. The minimum atomic E-state index is -0.140. The number of anilines is 1. The van der Waals surface area contributed by atoms with Gasteiger partial charge in [0.25, 0.3) is 0 Å². The Hall–Kier alpha value is -1.21. The van der Waals surface area contributed by atoms with Gasteiger partial charge >= 0.3 is 6.03 Å². The number of ether oxygens (including phenoxy) is 1. The van der Waals surface area contributed by atoms with Crippen LogP contribution in [0.5, 0.6) is 0 Å². The van der Waals surface area contributed by atoms with E-state index in [1.165, 1.54) is 11.3 Å². The summed E-state index contributed by atoms with van der Waals surface area (Å²) in [4.78, 5) is 13.6. The fourth-order valence-corrected chi connectivity index (χ4v) is 2.18. The number of amides is 2. The van der Waals surface area contributed by atoms with Gasteiger partial charge in [0.2, 0.25) is 5.13 Å². The predicted octanol–water partition coefficient (Wildman–Crippen LogP) is 1.18. The molecule has 2 heterocycles. The van der Waals surface area contributed by atoms with Crippen LogP contribution in [0.25, 0.3) is 0 Å². The standard InChI is InChI=1S/C9H14N4O2S/c1-6-3-13(4-7(2)15-6)9(14)11-8-12-10-5-16-8/h5-7H,3-4H2,1-2H3,(H,11,12,14). The molecule has 0 aromatic carbocycles. The Bertz CT molecular complexity index is 346. The van der Waals surface area contributed by atoms with E-state index < -0.39 is 0 Å². The van der Waals surface area contributed by atoms with E-state index in [2.05, 4.69) is 15.5 Å². The average molecular weight is 242 g/mol. The third-order valence-corrected chi connectivity index (χ3v) is 2.89. The Morgan fingerprint density at radius 1 is 1.56 bits per heavy atom. The van der Waals surface area contributed by atoms with Crippen LogP contribution in [0.3, 0.4) is 0 Å². The maximum atomic E-state index is 11.9. The van der Waals surface area contributed by atoms with Gasteiger partial charge in [-0.15, -0.1) is 10.2 Å². The molecule has 7 heteroatoms. The number of rotatable bonds is 1. The molecule has 1 aromatic heterocycles. The lowest BCUT2D eigenvalue weighted by molar-refractivity contribution is -0.0530. The van der Waals surface area contributed by atoms with Crippen LogP contribution in [0.1, 0.15) is 13.8 Å². The lowest BCUT2D eigenvalue weighted by Crippen LogP contribution is -2.49. The Morgan fingerprint density at radius 2 is 2.25 bits per heavy atom. The predicted molar refractivity (Wildman–Crippen MR) is 60.5 cm³/mol. The van der Waals surface area contributed by atoms with Crippen LogP contribution in [-0.2, 0) is 4.74 Å². The number of nitrogens with zero attached hydrogens (tertiary/aromatic N) is 3. The van der Waals surface area contributed by atoms with Crippen molar-refractivity contribution >= 4 is 22.5 Å². The minimum absolute atomic E-state index is 0.0731. The van der Waals surface area contributed by atoms with E-state index >= 15 is 0 Å². The van der Waals surface area contributed by atoms with Gasteiger partial charge in [0.1, 0.15) is 5.51 Å². The molecule has 1 saturated heterocycles. The zero-order chi connectivity index (χ0) is 11.5. The number of urea groups is 1. The molecule has 2 atom stereocenters. The monoisotopic (exact) mass is 242 g/mol. The maximum absolute atomic E-state index is 11.9. The van der Waals surface area contributed by atoms with Gasteiger partial charge in [-0.1, -0.05) is 11.3 Å². The molecule has 6 nitrogen and oxygen atoms in total. The van der Waals surface area contributed by atoms with Gasteiger partial charge < -0.3 is 9.64 Å². The lowest BCUT2D eigenvalue weighted by atomic mass is 10.2. The number of carbonyl (C=O) groups is 1. The minimum Gasteiger partial charge on any atom is -0.372 e. The zero-order valence-electron chi connectivity index (χ0n) is 9.21. The van der Waals surface area contributed by atoms with Crippen molar-refractivity contribution in [1.82, 2.24) is 15.1 Å². The third kappa shape index (κ3) is 2.67. The molecular formula is C9H14N4O2S. The molecule has 1 fully saturated rings. The molecule has 0 radical (unpaired) electrons. The first-order valence-electron chi connectivity index (χ1n) is 5.12. The highest BCUT2D eigenvalue weighted by Gasteiger charge is 2.26. The summed E-state index contributed by atoms with van der Waals surface area (Å²) in [6.45, 7) is 5.13. The summed E-state index contributed by atoms with van der Waals surface area (Å²) >= 11 is 1.30. The summed E-state index contributed by atoms with van der Waals surface area (Å²) in [5, 5.41) is 10.7. The van der Waals surface area contributed by atoms with E-state index in [1.54, 1.807) is 10.4 Å². The molecule has 0 bridgehead atoms. The van der Waals surface area contributed by atoms with E-state index in [1.807, 2.05) is 13.8 Å². The molecule has 88 valence electrons. The van der Waals surface area contributed by atoms with Crippen molar-refractivity contribution < 1.29 is 9.53 Å². The average Bonchev–Trinajstić information content (AvgIpc) is 2.68. The van der Waals surface area contributed by atoms with Gasteiger partial charge in [0.05, 0.1) is 12.2 Å². The molecule has 0 aliphatic carbocycles. The molecule has 2 amide bonds. The van der Waals surface area contributed by atoms with E-state index in [0.717, 1.165) is 0 Å². The topological polar surface area (TPSA) is 67.4 Å². The first-order valence-corrected chi connectivity index (χ1v) is 6.00. The van der Waals surface area contributed by atoms with Gasteiger partial charge in [-0.25, -0.2) is 4.79 Å². The van der Waals surface area contributed by atoms with Crippen molar-refractivity contribution in [3.63, 3.8) is 0 Å². The molecular weight excluding hydrogens is 228 g/mol.